The summed E-state index contributed by atoms with van der Waals surface area (Å²) in [6.07, 6.45) is 0. The van der Waals surface area contributed by atoms with Gasteiger partial charge in [-0.05, 0) is 32.2 Å². The minimum atomic E-state index is -0.902. The highest BCUT2D eigenvalue weighted by molar-refractivity contribution is 7.21. The molecular formula is C16H20O4S. The summed E-state index contributed by atoms with van der Waals surface area (Å²) < 4.78 is 12.1. The molecule has 2 aromatic rings. The molecule has 0 aliphatic rings. The van der Waals surface area contributed by atoms with Crippen LogP contribution >= 0.6 is 11.3 Å². The number of rotatable bonds is 6. The number of hydrogen-bond acceptors (Lipinski definition) is 4. The van der Waals surface area contributed by atoms with Gasteiger partial charge >= 0.3 is 5.97 Å². The molecule has 2 rings (SSSR count). The predicted octanol–water partition coefficient (Wildman–Crippen LogP) is 3.93. The molecule has 114 valence electrons. The van der Waals surface area contributed by atoms with Gasteiger partial charge in [0.1, 0.15) is 4.88 Å². The quantitative estimate of drug-likeness (QED) is 0.821. The van der Waals surface area contributed by atoms with Crippen LogP contribution in [-0.4, -0.2) is 29.9 Å². The number of carboxylic acids is 1. The second kappa shape index (κ2) is 6.56. The van der Waals surface area contributed by atoms with Crippen molar-refractivity contribution in [3.05, 3.63) is 34.7 Å². The van der Waals surface area contributed by atoms with Crippen molar-refractivity contribution in [2.75, 3.05) is 13.2 Å². The molecule has 1 aromatic carbocycles. The van der Waals surface area contributed by atoms with Gasteiger partial charge in [0, 0.05) is 10.3 Å². The highest BCUT2D eigenvalue weighted by atomic mass is 32.1. The Balaban J connectivity index is 2.04. The fourth-order valence-corrected chi connectivity index (χ4v) is 3.04. The number of carbonyl (C=O) groups is 1. The first kappa shape index (κ1) is 15.9. The molecule has 21 heavy (non-hydrogen) atoms. The molecule has 0 saturated carbocycles. The number of hydrogen-bond donors (Lipinski definition) is 1. The smallest absolute Gasteiger partial charge is 0.346 e. The second-order valence-electron chi connectivity index (χ2n) is 5.72. The van der Waals surface area contributed by atoms with Gasteiger partial charge in [0.05, 0.1) is 25.4 Å². The Kier molecular flexibility index (Phi) is 4.98. The van der Waals surface area contributed by atoms with Gasteiger partial charge in [0.25, 0.3) is 0 Å². The summed E-state index contributed by atoms with van der Waals surface area (Å²) in [6, 6.07) is 7.68. The Morgan fingerprint density at radius 2 is 1.95 bits per heavy atom. The van der Waals surface area contributed by atoms with Crippen LogP contribution in [0.3, 0.4) is 0 Å². The van der Waals surface area contributed by atoms with E-state index in [9.17, 15) is 9.90 Å². The molecule has 0 saturated heterocycles. The summed E-state index contributed by atoms with van der Waals surface area (Å²) >= 11 is 1.29. The largest absolute Gasteiger partial charge is 0.477 e. The third kappa shape index (κ3) is 4.27. The van der Waals surface area contributed by atoms with Crippen molar-refractivity contribution in [3.63, 3.8) is 0 Å². The van der Waals surface area contributed by atoms with Crippen LogP contribution in [0.2, 0.25) is 0 Å². The Bertz CT molecular complexity index is 625. The Labute approximate surface area is 128 Å². The van der Waals surface area contributed by atoms with Gasteiger partial charge in [-0.25, -0.2) is 4.79 Å². The molecule has 0 fully saturated rings. The Morgan fingerprint density at radius 3 is 2.62 bits per heavy atom. The third-order valence-corrected chi connectivity index (χ3v) is 4.10. The van der Waals surface area contributed by atoms with Gasteiger partial charge in [0.15, 0.2) is 0 Å². The zero-order chi connectivity index (χ0) is 15.5. The molecule has 0 unspecified atom stereocenters. The first-order chi connectivity index (χ1) is 9.88. The van der Waals surface area contributed by atoms with Crippen molar-refractivity contribution in [2.45, 2.75) is 33.0 Å². The van der Waals surface area contributed by atoms with Crippen molar-refractivity contribution in [1.29, 1.82) is 0 Å². The molecule has 0 atom stereocenters. The van der Waals surface area contributed by atoms with Crippen LogP contribution in [-0.2, 0) is 16.1 Å². The molecule has 1 heterocycles. The number of fused-ring (bicyclic) bond motifs is 1. The summed E-state index contributed by atoms with van der Waals surface area (Å²) in [5, 5.41) is 10.3. The summed E-state index contributed by atoms with van der Waals surface area (Å²) in [5.74, 6) is -0.902. The van der Waals surface area contributed by atoms with Crippen LogP contribution < -0.4 is 0 Å². The molecule has 0 radical (unpaired) electrons. The maximum Gasteiger partial charge on any atom is 0.346 e. The van der Waals surface area contributed by atoms with Gasteiger partial charge in [-0.1, -0.05) is 18.2 Å². The third-order valence-electron chi connectivity index (χ3n) is 2.90. The average Bonchev–Trinajstić information content (AvgIpc) is 2.76. The van der Waals surface area contributed by atoms with Crippen LogP contribution in [0.4, 0.5) is 0 Å². The molecular weight excluding hydrogens is 288 g/mol. The van der Waals surface area contributed by atoms with Crippen LogP contribution in [0.1, 0.15) is 36.0 Å². The maximum atomic E-state index is 11.3. The number of benzene rings is 1. The van der Waals surface area contributed by atoms with E-state index >= 15 is 0 Å². The second-order valence-corrected chi connectivity index (χ2v) is 6.78. The van der Waals surface area contributed by atoms with E-state index in [1.807, 2.05) is 45.0 Å². The normalized spacial score (nSPS) is 12.0. The van der Waals surface area contributed by atoms with E-state index < -0.39 is 5.97 Å². The average molecular weight is 308 g/mol. The topological polar surface area (TPSA) is 55.8 Å². The van der Waals surface area contributed by atoms with E-state index in [1.165, 1.54) is 11.3 Å². The van der Waals surface area contributed by atoms with Gasteiger partial charge in [-0.3, -0.25) is 0 Å². The van der Waals surface area contributed by atoms with Crippen molar-refractivity contribution in [3.8, 4) is 0 Å². The fraction of sp³-hybridized carbons (Fsp3) is 0.438. The first-order valence-corrected chi connectivity index (χ1v) is 7.65. The van der Waals surface area contributed by atoms with Crippen molar-refractivity contribution < 1.29 is 19.4 Å². The molecule has 0 bridgehead atoms. The molecule has 0 aliphatic carbocycles. The summed E-state index contributed by atoms with van der Waals surface area (Å²) in [4.78, 5) is 11.7. The lowest BCUT2D eigenvalue weighted by atomic mass is 10.1. The Hall–Kier alpha value is -1.43. The lowest BCUT2D eigenvalue weighted by Crippen LogP contribution is -2.21. The van der Waals surface area contributed by atoms with Crippen LogP contribution in [0.5, 0.6) is 0 Å². The van der Waals surface area contributed by atoms with Gasteiger partial charge in [-0.2, -0.15) is 0 Å². The Morgan fingerprint density at radius 1 is 1.24 bits per heavy atom. The number of thiophene rings is 1. The molecule has 0 aliphatic heterocycles. The van der Waals surface area contributed by atoms with Crippen LogP contribution in [0.25, 0.3) is 10.1 Å². The number of carboxylic acid groups (broad SMARTS) is 1. The minimum Gasteiger partial charge on any atom is -0.477 e. The lowest BCUT2D eigenvalue weighted by molar-refractivity contribution is -0.0375. The van der Waals surface area contributed by atoms with Gasteiger partial charge in [-0.15, -0.1) is 11.3 Å². The van der Waals surface area contributed by atoms with E-state index in [2.05, 4.69) is 0 Å². The van der Waals surface area contributed by atoms with Crippen molar-refractivity contribution in [2.24, 2.45) is 0 Å². The van der Waals surface area contributed by atoms with Crippen molar-refractivity contribution in [1.82, 2.24) is 0 Å². The van der Waals surface area contributed by atoms with Crippen LogP contribution in [0.15, 0.2) is 24.3 Å². The highest BCUT2D eigenvalue weighted by Gasteiger charge is 2.17. The predicted molar refractivity (Wildman–Crippen MR) is 84.1 cm³/mol. The SMILES string of the molecule is CC(C)(C)OCCOCc1c(C(=O)O)sc2ccccc12. The standard InChI is InChI=1S/C16H20O4S/c1-16(2,3)20-9-8-19-10-12-11-6-4-5-7-13(11)21-14(12)15(17)18/h4-7H,8-10H2,1-3H3,(H,17,18). The van der Waals surface area contributed by atoms with E-state index in [4.69, 9.17) is 9.47 Å². The van der Waals surface area contributed by atoms with E-state index in [-0.39, 0.29) is 5.60 Å². The number of aromatic carboxylic acids is 1. The molecule has 0 amide bonds. The van der Waals surface area contributed by atoms with E-state index in [0.29, 0.717) is 24.7 Å². The molecule has 1 aromatic heterocycles. The summed E-state index contributed by atoms with van der Waals surface area (Å²) in [6.45, 7) is 7.19. The monoisotopic (exact) mass is 308 g/mol. The van der Waals surface area contributed by atoms with Gasteiger partial charge in [0.2, 0.25) is 0 Å². The minimum absolute atomic E-state index is 0.190. The summed E-state index contributed by atoms with van der Waals surface area (Å²) in [7, 11) is 0. The molecule has 1 N–H and O–H groups in total. The van der Waals surface area contributed by atoms with Gasteiger partial charge < -0.3 is 14.6 Å². The van der Waals surface area contributed by atoms with Crippen molar-refractivity contribution >= 4 is 27.4 Å². The zero-order valence-electron chi connectivity index (χ0n) is 12.5. The molecule has 5 heteroatoms. The first-order valence-electron chi connectivity index (χ1n) is 6.84. The zero-order valence-corrected chi connectivity index (χ0v) is 13.3. The fourth-order valence-electron chi connectivity index (χ4n) is 2.00. The van der Waals surface area contributed by atoms with Crippen LogP contribution in [0, 0.1) is 0 Å². The lowest BCUT2D eigenvalue weighted by Gasteiger charge is -2.19. The maximum absolute atomic E-state index is 11.3. The summed E-state index contributed by atoms with van der Waals surface area (Å²) in [5.41, 5.74) is 0.559. The molecule has 4 nitrogen and oxygen atoms in total. The van der Waals surface area contributed by atoms with E-state index in [1.54, 1.807) is 0 Å². The molecule has 0 spiro atoms. The number of ether oxygens (including phenoxy) is 2. The van der Waals surface area contributed by atoms with E-state index in [0.717, 1.165) is 15.6 Å². The highest BCUT2D eigenvalue weighted by Crippen LogP contribution is 2.31.